The van der Waals surface area contributed by atoms with Crippen LogP contribution in [-0.2, 0) is 15.6 Å². The SMILES string of the molecule is O=C1CCCC(S(=O)c2cc(F)ccc2F)C1. The normalized spacial score (nSPS) is 22.5. The molecule has 1 saturated carbocycles. The first kappa shape index (κ1) is 12.4. The third-order valence-electron chi connectivity index (χ3n) is 2.85. The van der Waals surface area contributed by atoms with Crippen LogP contribution in [0.25, 0.3) is 0 Å². The van der Waals surface area contributed by atoms with E-state index >= 15 is 0 Å². The Morgan fingerprint density at radius 2 is 2.06 bits per heavy atom. The van der Waals surface area contributed by atoms with E-state index in [4.69, 9.17) is 0 Å². The molecule has 2 unspecified atom stereocenters. The van der Waals surface area contributed by atoms with Gasteiger partial charge in [0.2, 0.25) is 0 Å². The molecule has 0 saturated heterocycles. The van der Waals surface area contributed by atoms with Crippen LogP contribution in [0.3, 0.4) is 0 Å². The first-order valence-electron chi connectivity index (χ1n) is 5.45. The van der Waals surface area contributed by atoms with Crippen LogP contribution in [0.15, 0.2) is 23.1 Å². The second-order valence-corrected chi connectivity index (χ2v) is 5.83. The average Bonchev–Trinajstić information content (AvgIpc) is 2.31. The van der Waals surface area contributed by atoms with Crippen LogP contribution in [0.1, 0.15) is 25.7 Å². The Hall–Kier alpha value is -1.10. The second-order valence-electron chi connectivity index (χ2n) is 4.13. The van der Waals surface area contributed by atoms with Crippen molar-refractivity contribution in [3.8, 4) is 0 Å². The number of benzene rings is 1. The fourth-order valence-electron chi connectivity index (χ4n) is 1.98. The van der Waals surface area contributed by atoms with E-state index in [-0.39, 0.29) is 22.3 Å². The molecule has 0 amide bonds. The van der Waals surface area contributed by atoms with Crippen molar-refractivity contribution in [1.82, 2.24) is 0 Å². The second kappa shape index (κ2) is 5.04. The molecule has 92 valence electrons. The fraction of sp³-hybridized carbons (Fsp3) is 0.417. The van der Waals surface area contributed by atoms with Gasteiger partial charge < -0.3 is 0 Å². The van der Waals surface area contributed by atoms with E-state index in [0.29, 0.717) is 19.3 Å². The van der Waals surface area contributed by atoms with E-state index in [9.17, 15) is 17.8 Å². The number of carbonyl (C=O) groups is 1. The molecule has 1 aliphatic carbocycles. The fourth-order valence-corrected chi connectivity index (χ4v) is 3.54. The Morgan fingerprint density at radius 3 is 2.76 bits per heavy atom. The minimum absolute atomic E-state index is 0.0476. The van der Waals surface area contributed by atoms with Gasteiger partial charge in [0.1, 0.15) is 17.4 Å². The third kappa shape index (κ3) is 2.77. The molecule has 1 fully saturated rings. The van der Waals surface area contributed by atoms with E-state index in [2.05, 4.69) is 0 Å². The molecule has 2 nitrogen and oxygen atoms in total. The minimum Gasteiger partial charge on any atom is -0.300 e. The molecule has 5 heteroatoms. The summed E-state index contributed by atoms with van der Waals surface area (Å²) in [6, 6.07) is 2.90. The highest BCUT2D eigenvalue weighted by molar-refractivity contribution is 7.85. The first-order chi connectivity index (χ1) is 8.08. The highest BCUT2D eigenvalue weighted by Gasteiger charge is 2.27. The number of hydrogen-bond acceptors (Lipinski definition) is 2. The van der Waals surface area contributed by atoms with Gasteiger partial charge in [-0.1, -0.05) is 0 Å². The van der Waals surface area contributed by atoms with Crippen LogP contribution in [0.2, 0.25) is 0 Å². The van der Waals surface area contributed by atoms with Crippen LogP contribution >= 0.6 is 0 Å². The van der Waals surface area contributed by atoms with Gasteiger partial charge in [-0.2, -0.15) is 0 Å². The highest BCUT2D eigenvalue weighted by atomic mass is 32.2. The quantitative estimate of drug-likeness (QED) is 0.817. The summed E-state index contributed by atoms with van der Waals surface area (Å²) < 4.78 is 38.5. The van der Waals surface area contributed by atoms with Gasteiger partial charge in [0.15, 0.2) is 0 Å². The Kier molecular flexibility index (Phi) is 3.66. The summed E-state index contributed by atoms with van der Waals surface area (Å²) in [5.41, 5.74) is 0. The van der Waals surface area contributed by atoms with Crippen molar-refractivity contribution in [3.63, 3.8) is 0 Å². The molecule has 0 bridgehead atoms. The largest absolute Gasteiger partial charge is 0.300 e. The zero-order valence-corrected chi connectivity index (χ0v) is 9.93. The van der Waals surface area contributed by atoms with Crippen molar-refractivity contribution in [2.45, 2.75) is 35.8 Å². The molecule has 0 aromatic heterocycles. The van der Waals surface area contributed by atoms with E-state index in [1.165, 1.54) is 0 Å². The van der Waals surface area contributed by atoms with Gasteiger partial charge in [-0.25, -0.2) is 8.78 Å². The summed E-state index contributed by atoms with van der Waals surface area (Å²) in [7, 11) is -1.65. The Morgan fingerprint density at radius 1 is 1.29 bits per heavy atom. The van der Waals surface area contributed by atoms with Crippen LogP contribution in [0.4, 0.5) is 8.78 Å². The van der Waals surface area contributed by atoms with Gasteiger partial charge in [-0.05, 0) is 31.0 Å². The van der Waals surface area contributed by atoms with Crippen molar-refractivity contribution in [2.75, 3.05) is 0 Å². The predicted octanol–water partition coefficient (Wildman–Crippen LogP) is 2.58. The van der Waals surface area contributed by atoms with Crippen LogP contribution in [-0.4, -0.2) is 15.2 Å². The summed E-state index contributed by atoms with van der Waals surface area (Å²) in [6.45, 7) is 0. The molecule has 2 rings (SSSR count). The van der Waals surface area contributed by atoms with Crippen molar-refractivity contribution in [3.05, 3.63) is 29.8 Å². The molecule has 1 aromatic carbocycles. The molecule has 0 spiro atoms. The van der Waals surface area contributed by atoms with Gasteiger partial charge in [0, 0.05) is 18.1 Å². The van der Waals surface area contributed by atoms with Crippen molar-refractivity contribution < 1.29 is 17.8 Å². The number of carbonyl (C=O) groups excluding carboxylic acids is 1. The summed E-state index contributed by atoms with van der Waals surface area (Å²) >= 11 is 0. The van der Waals surface area contributed by atoms with Gasteiger partial charge in [0.05, 0.1) is 15.7 Å². The lowest BCUT2D eigenvalue weighted by atomic mass is 9.99. The monoisotopic (exact) mass is 258 g/mol. The Balaban J connectivity index is 2.24. The molecule has 2 atom stereocenters. The van der Waals surface area contributed by atoms with E-state index in [0.717, 1.165) is 18.2 Å². The molecule has 1 aromatic rings. The predicted molar refractivity (Wildman–Crippen MR) is 60.0 cm³/mol. The minimum atomic E-state index is -1.65. The Bertz CT molecular complexity index is 474. The van der Waals surface area contributed by atoms with E-state index in [1.54, 1.807) is 0 Å². The maximum absolute atomic E-state index is 13.4. The van der Waals surface area contributed by atoms with E-state index in [1.807, 2.05) is 0 Å². The van der Waals surface area contributed by atoms with Crippen LogP contribution < -0.4 is 0 Å². The molecule has 0 aliphatic heterocycles. The number of halogens is 2. The third-order valence-corrected chi connectivity index (χ3v) is 4.60. The van der Waals surface area contributed by atoms with Crippen LogP contribution in [0, 0.1) is 11.6 Å². The van der Waals surface area contributed by atoms with Crippen molar-refractivity contribution in [2.24, 2.45) is 0 Å². The van der Waals surface area contributed by atoms with Gasteiger partial charge in [-0.15, -0.1) is 0 Å². The highest BCUT2D eigenvalue weighted by Crippen LogP contribution is 2.25. The summed E-state index contributed by atoms with van der Waals surface area (Å²) in [6.07, 6.45) is 1.99. The topological polar surface area (TPSA) is 34.1 Å². The van der Waals surface area contributed by atoms with Gasteiger partial charge in [0.25, 0.3) is 0 Å². The zero-order chi connectivity index (χ0) is 12.4. The van der Waals surface area contributed by atoms with Crippen molar-refractivity contribution >= 4 is 16.6 Å². The summed E-state index contributed by atoms with van der Waals surface area (Å²) in [4.78, 5) is 11.1. The molecular weight excluding hydrogens is 246 g/mol. The molecule has 0 heterocycles. The smallest absolute Gasteiger partial charge is 0.139 e. The maximum Gasteiger partial charge on any atom is 0.139 e. The lowest BCUT2D eigenvalue weighted by Gasteiger charge is -2.20. The van der Waals surface area contributed by atoms with E-state index < -0.39 is 22.4 Å². The van der Waals surface area contributed by atoms with Gasteiger partial charge >= 0.3 is 0 Å². The number of Topliss-reactive ketones (excluding diaryl/α,β-unsaturated/α-hetero) is 1. The first-order valence-corrected chi connectivity index (χ1v) is 6.66. The summed E-state index contributed by atoms with van der Waals surface area (Å²) in [5.74, 6) is -1.24. The average molecular weight is 258 g/mol. The Labute approximate surface area is 100 Å². The van der Waals surface area contributed by atoms with Gasteiger partial charge in [-0.3, -0.25) is 9.00 Å². The number of hydrogen-bond donors (Lipinski definition) is 0. The lowest BCUT2D eigenvalue weighted by molar-refractivity contribution is -0.120. The number of ketones is 1. The molecule has 0 N–H and O–H groups in total. The number of rotatable bonds is 2. The molecule has 0 radical (unpaired) electrons. The zero-order valence-electron chi connectivity index (χ0n) is 9.12. The van der Waals surface area contributed by atoms with Crippen molar-refractivity contribution in [1.29, 1.82) is 0 Å². The summed E-state index contributed by atoms with van der Waals surface area (Å²) in [5, 5.41) is -0.382. The molecule has 1 aliphatic rings. The maximum atomic E-state index is 13.4. The standard InChI is InChI=1S/C12H12F2O2S/c13-8-4-5-11(14)12(6-8)17(16)10-3-1-2-9(15)7-10/h4-6,10H,1-3,7H2. The lowest BCUT2D eigenvalue weighted by Crippen LogP contribution is -2.24. The molecular formula is C12H12F2O2S. The molecule has 17 heavy (non-hydrogen) atoms. The van der Waals surface area contributed by atoms with Crippen LogP contribution in [0.5, 0.6) is 0 Å².